The summed E-state index contributed by atoms with van der Waals surface area (Å²) in [7, 11) is 1.94. The van der Waals surface area contributed by atoms with Gasteiger partial charge in [0.1, 0.15) is 0 Å². The number of rotatable bonds is 3. The molecule has 4 heterocycles. The van der Waals surface area contributed by atoms with Crippen LogP contribution in [-0.2, 0) is 26.6 Å². The third-order valence-electron chi connectivity index (χ3n) is 5.73. The Morgan fingerprint density at radius 1 is 1.27 bits per heavy atom. The molecule has 1 fully saturated rings. The fourth-order valence-electron chi connectivity index (χ4n) is 4.02. The molecule has 0 aromatic carbocycles. The Kier molecular flexibility index (Phi) is 4.56. The molecular weight excluding hydrogens is 328 g/mol. The molecule has 2 aliphatic rings. The van der Waals surface area contributed by atoms with Crippen molar-refractivity contribution in [2.75, 3.05) is 24.5 Å². The minimum absolute atomic E-state index is 0.0243. The third kappa shape index (κ3) is 3.40. The van der Waals surface area contributed by atoms with Gasteiger partial charge in [0.2, 0.25) is 5.95 Å². The lowest BCUT2D eigenvalue weighted by Gasteiger charge is -2.32. The average molecular weight is 356 g/mol. The van der Waals surface area contributed by atoms with Gasteiger partial charge in [-0.1, -0.05) is 6.92 Å². The van der Waals surface area contributed by atoms with Crippen LogP contribution in [0.1, 0.15) is 42.3 Å². The first-order valence-corrected chi connectivity index (χ1v) is 9.58. The molecule has 0 spiro atoms. The van der Waals surface area contributed by atoms with Crippen LogP contribution in [0, 0.1) is 12.8 Å². The summed E-state index contributed by atoms with van der Waals surface area (Å²) >= 11 is 0. The Labute approximate surface area is 154 Å². The Morgan fingerprint density at radius 2 is 2.04 bits per heavy atom. The zero-order chi connectivity index (χ0) is 18.3. The van der Waals surface area contributed by atoms with Crippen molar-refractivity contribution in [2.24, 2.45) is 13.0 Å². The van der Waals surface area contributed by atoms with Gasteiger partial charge in [-0.3, -0.25) is 19.4 Å². The zero-order valence-corrected chi connectivity index (χ0v) is 16.0. The topological polar surface area (TPSA) is 70.1 Å². The second-order valence-corrected chi connectivity index (χ2v) is 7.86. The van der Waals surface area contributed by atoms with Gasteiger partial charge in [-0.25, -0.2) is 4.98 Å². The van der Waals surface area contributed by atoms with E-state index in [2.05, 4.69) is 33.0 Å². The molecule has 0 unspecified atom stereocenters. The number of nitrogens with zero attached hydrogens (tertiary/aromatic N) is 5. The molecule has 1 saturated heterocycles. The number of anilines is 1. The third-order valence-corrected chi connectivity index (χ3v) is 5.73. The van der Waals surface area contributed by atoms with Crippen LogP contribution in [0.15, 0.2) is 11.0 Å². The van der Waals surface area contributed by atoms with E-state index in [9.17, 15) is 4.79 Å². The standard InChI is InChI=1S/C19H28N6O/c1-13-4-8-25(9-5-13)19-20-17-6-7-24(12-16(17)18(26)21-19)11-15-10-23(3)22-14(15)2/h10,13H,4-9,11-12H2,1-3H3,(H,20,21,26). The van der Waals surface area contributed by atoms with Gasteiger partial charge in [-0.15, -0.1) is 0 Å². The second-order valence-electron chi connectivity index (χ2n) is 7.86. The van der Waals surface area contributed by atoms with E-state index in [0.717, 1.165) is 61.4 Å². The predicted molar refractivity (Wildman–Crippen MR) is 101 cm³/mol. The van der Waals surface area contributed by atoms with E-state index in [0.29, 0.717) is 6.54 Å². The van der Waals surface area contributed by atoms with Crippen molar-refractivity contribution in [2.45, 2.75) is 46.2 Å². The van der Waals surface area contributed by atoms with E-state index in [1.165, 1.54) is 18.4 Å². The van der Waals surface area contributed by atoms with Gasteiger partial charge in [0.15, 0.2) is 0 Å². The lowest BCUT2D eigenvalue weighted by Crippen LogP contribution is -2.39. The Balaban J connectivity index is 1.51. The highest BCUT2D eigenvalue weighted by Gasteiger charge is 2.24. The van der Waals surface area contributed by atoms with Gasteiger partial charge in [-0.2, -0.15) is 5.10 Å². The van der Waals surface area contributed by atoms with E-state index in [-0.39, 0.29) is 5.56 Å². The maximum Gasteiger partial charge on any atom is 0.257 e. The van der Waals surface area contributed by atoms with Crippen LogP contribution in [0.2, 0.25) is 0 Å². The monoisotopic (exact) mass is 356 g/mol. The van der Waals surface area contributed by atoms with Crippen molar-refractivity contribution in [1.82, 2.24) is 24.6 Å². The summed E-state index contributed by atoms with van der Waals surface area (Å²) in [4.78, 5) is 25.1. The number of hydrogen-bond donors (Lipinski definition) is 1. The molecule has 0 saturated carbocycles. The molecule has 1 N–H and O–H groups in total. The number of fused-ring (bicyclic) bond motifs is 1. The van der Waals surface area contributed by atoms with Crippen molar-refractivity contribution in [3.8, 4) is 0 Å². The molecule has 2 aromatic heterocycles. The van der Waals surface area contributed by atoms with Crippen LogP contribution in [0.4, 0.5) is 5.95 Å². The molecule has 0 atom stereocenters. The van der Waals surface area contributed by atoms with E-state index in [1.54, 1.807) is 0 Å². The largest absolute Gasteiger partial charge is 0.342 e. The fraction of sp³-hybridized carbons (Fsp3) is 0.632. The molecular formula is C19H28N6O. The molecule has 7 nitrogen and oxygen atoms in total. The molecule has 0 aliphatic carbocycles. The normalized spacial score (nSPS) is 19.0. The van der Waals surface area contributed by atoms with Crippen LogP contribution >= 0.6 is 0 Å². The Hall–Kier alpha value is -2.15. The van der Waals surface area contributed by atoms with Crippen molar-refractivity contribution in [3.05, 3.63) is 39.1 Å². The van der Waals surface area contributed by atoms with Gasteiger partial charge in [0.05, 0.1) is 17.0 Å². The van der Waals surface area contributed by atoms with Gasteiger partial charge in [0, 0.05) is 58.0 Å². The average Bonchev–Trinajstić information content (AvgIpc) is 2.93. The van der Waals surface area contributed by atoms with Crippen molar-refractivity contribution in [3.63, 3.8) is 0 Å². The number of H-pyrrole nitrogens is 1. The molecule has 4 rings (SSSR count). The van der Waals surface area contributed by atoms with Crippen LogP contribution in [0.25, 0.3) is 0 Å². The maximum atomic E-state index is 12.7. The highest BCUT2D eigenvalue weighted by molar-refractivity contribution is 5.35. The molecule has 140 valence electrons. The molecule has 0 amide bonds. The molecule has 26 heavy (non-hydrogen) atoms. The van der Waals surface area contributed by atoms with Crippen LogP contribution < -0.4 is 10.5 Å². The van der Waals surface area contributed by atoms with Gasteiger partial charge >= 0.3 is 0 Å². The lowest BCUT2D eigenvalue weighted by molar-refractivity contribution is 0.241. The van der Waals surface area contributed by atoms with Crippen LogP contribution in [0.3, 0.4) is 0 Å². The smallest absolute Gasteiger partial charge is 0.257 e. The molecule has 0 radical (unpaired) electrons. The Morgan fingerprint density at radius 3 is 2.73 bits per heavy atom. The zero-order valence-electron chi connectivity index (χ0n) is 16.0. The first-order chi connectivity index (χ1) is 12.5. The number of nitrogens with one attached hydrogen (secondary N) is 1. The predicted octanol–water partition coefficient (Wildman–Crippen LogP) is 1.61. The second kappa shape index (κ2) is 6.87. The minimum Gasteiger partial charge on any atom is -0.342 e. The number of piperidine rings is 1. The van der Waals surface area contributed by atoms with Crippen LogP contribution in [-0.4, -0.2) is 44.3 Å². The summed E-state index contributed by atoms with van der Waals surface area (Å²) in [6.07, 6.45) is 5.22. The minimum atomic E-state index is 0.0243. The summed E-state index contributed by atoms with van der Waals surface area (Å²) in [5.41, 5.74) is 4.10. The molecule has 2 aromatic rings. The van der Waals surface area contributed by atoms with Gasteiger partial charge in [0.25, 0.3) is 5.56 Å². The van der Waals surface area contributed by atoms with E-state index >= 15 is 0 Å². The highest BCUT2D eigenvalue weighted by Crippen LogP contribution is 2.22. The fourth-order valence-corrected chi connectivity index (χ4v) is 4.02. The lowest BCUT2D eigenvalue weighted by atomic mass is 9.99. The van der Waals surface area contributed by atoms with Crippen molar-refractivity contribution >= 4 is 5.95 Å². The van der Waals surface area contributed by atoms with E-state index in [4.69, 9.17) is 4.98 Å². The summed E-state index contributed by atoms with van der Waals surface area (Å²) in [6, 6.07) is 0. The van der Waals surface area contributed by atoms with Crippen molar-refractivity contribution in [1.29, 1.82) is 0 Å². The van der Waals surface area contributed by atoms with Gasteiger partial charge in [-0.05, 0) is 25.7 Å². The Bertz CT molecular complexity index is 846. The number of aromatic amines is 1. The molecule has 2 aliphatic heterocycles. The molecule has 7 heteroatoms. The summed E-state index contributed by atoms with van der Waals surface area (Å²) in [5, 5.41) is 4.41. The highest BCUT2D eigenvalue weighted by atomic mass is 16.1. The molecule has 0 bridgehead atoms. The van der Waals surface area contributed by atoms with Crippen molar-refractivity contribution < 1.29 is 0 Å². The summed E-state index contributed by atoms with van der Waals surface area (Å²) in [5.74, 6) is 1.53. The van der Waals surface area contributed by atoms with E-state index in [1.807, 2.05) is 18.7 Å². The summed E-state index contributed by atoms with van der Waals surface area (Å²) < 4.78 is 1.85. The van der Waals surface area contributed by atoms with Crippen LogP contribution in [0.5, 0.6) is 0 Å². The SMILES string of the molecule is Cc1nn(C)cc1CN1CCc2nc(N3CCC(C)CC3)[nH]c(=O)c2C1. The number of aromatic nitrogens is 4. The van der Waals surface area contributed by atoms with Gasteiger partial charge < -0.3 is 4.90 Å². The van der Waals surface area contributed by atoms with E-state index < -0.39 is 0 Å². The summed E-state index contributed by atoms with van der Waals surface area (Å²) in [6.45, 7) is 8.69. The first-order valence-electron chi connectivity index (χ1n) is 9.58. The number of aryl methyl sites for hydroxylation is 2. The number of hydrogen-bond acceptors (Lipinski definition) is 5. The maximum absolute atomic E-state index is 12.7. The quantitative estimate of drug-likeness (QED) is 0.905. The first kappa shape index (κ1) is 17.3.